The molecule has 1 atom stereocenters. The highest BCUT2D eigenvalue weighted by Crippen LogP contribution is 2.13. The molecule has 1 aliphatic heterocycles. The van der Waals surface area contributed by atoms with E-state index in [1.807, 2.05) is 6.07 Å². The lowest BCUT2D eigenvalue weighted by molar-refractivity contribution is 0.180. The second kappa shape index (κ2) is 6.37. The highest BCUT2D eigenvalue weighted by atomic mass is 16.2. The second-order valence-corrected chi connectivity index (χ2v) is 4.68. The number of nitrogens with zero attached hydrogens (tertiary/aromatic N) is 1. The number of nitrogens with two attached hydrogens (primary N) is 1. The van der Waals surface area contributed by atoms with Gasteiger partial charge in [0.15, 0.2) is 0 Å². The van der Waals surface area contributed by atoms with Crippen LogP contribution >= 0.6 is 0 Å². The van der Waals surface area contributed by atoms with Gasteiger partial charge in [-0.15, -0.1) is 0 Å². The molecule has 18 heavy (non-hydrogen) atoms. The zero-order chi connectivity index (χ0) is 12.8. The van der Waals surface area contributed by atoms with Crippen LogP contribution in [0.15, 0.2) is 30.3 Å². The summed E-state index contributed by atoms with van der Waals surface area (Å²) in [5, 5.41) is 2.87. The van der Waals surface area contributed by atoms with E-state index in [9.17, 15) is 4.79 Å². The molecule has 1 heterocycles. The van der Waals surface area contributed by atoms with Crippen molar-refractivity contribution < 1.29 is 4.79 Å². The van der Waals surface area contributed by atoms with Gasteiger partial charge in [0.25, 0.3) is 0 Å². The predicted octanol–water partition coefficient (Wildman–Crippen LogP) is 0.824. The van der Waals surface area contributed by atoms with E-state index in [-0.39, 0.29) is 12.1 Å². The fourth-order valence-corrected chi connectivity index (χ4v) is 2.39. The van der Waals surface area contributed by atoms with Gasteiger partial charge in [0.1, 0.15) is 0 Å². The number of piperidine rings is 1. The molecule has 1 aromatic rings. The summed E-state index contributed by atoms with van der Waals surface area (Å²) < 4.78 is 0. The van der Waals surface area contributed by atoms with E-state index >= 15 is 0 Å². The molecule has 0 saturated carbocycles. The Morgan fingerprint density at radius 1 is 1.39 bits per heavy atom. The summed E-state index contributed by atoms with van der Waals surface area (Å²) >= 11 is 0. The van der Waals surface area contributed by atoms with Gasteiger partial charge in [-0.1, -0.05) is 30.3 Å². The van der Waals surface area contributed by atoms with Crippen LogP contribution in [0, 0.1) is 0 Å². The minimum absolute atomic E-state index is 0.186. The first kappa shape index (κ1) is 12.9. The Hall–Kier alpha value is -1.59. The van der Waals surface area contributed by atoms with Crippen LogP contribution in [0.3, 0.4) is 0 Å². The summed E-state index contributed by atoms with van der Waals surface area (Å²) in [6.07, 6.45) is 2.11. The molecule has 0 aromatic heterocycles. The molecule has 5 heteroatoms. The first-order valence-electron chi connectivity index (χ1n) is 6.31. The molecule has 5 nitrogen and oxygen atoms in total. The molecular weight excluding hydrogens is 228 g/mol. The van der Waals surface area contributed by atoms with Gasteiger partial charge in [0.2, 0.25) is 0 Å². The third-order valence-corrected chi connectivity index (χ3v) is 3.22. The first-order valence-corrected chi connectivity index (χ1v) is 6.31. The molecule has 2 rings (SSSR count). The lowest BCUT2D eigenvalue weighted by atomic mass is 10.0. The zero-order valence-electron chi connectivity index (χ0n) is 10.4. The number of likely N-dealkylation sites (tertiary alicyclic amines) is 1. The number of carbonyl (C=O) groups is 1. The van der Waals surface area contributed by atoms with Crippen LogP contribution in [0.4, 0.5) is 4.79 Å². The van der Waals surface area contributed by atoms with E-state index in [1.54, 1.807) is 0 Å². The number of nitrogens with one attached hydrogen (secondary N) is 2. The van der Waals surface area contributed by atoms with Gasteiger partial charge >= 0.3 is 6.03 Å². The lowest BCUT2D eigenvalue weighted by Crippen LogP contribution is -2.51. The van der Waals surface area contributed by atoms with Crippen molar-refractivity contribution in [3.63, 3.8) is 0 Å². The van der Waals surface area contributed by atoms with E-state index in [0.29, 0.717) is 0 Å². The largest absolute Gasteiger partial charge is 0.333 e. The van der Waals surface area contributed by atoms with Gasteiger partial charge in [0.05, 0.1) is 0 Å². The smallest absolute Gasteiger partial charge is 0.329 e. The quantitative estimate of drug-likeness (QED) is 0.421. The van der Waals surface area contributed by atoms with E-state index in [1.165, 1.54) is 5.56 Å². The van der Waals surface area contributed by atoms with Crippen molar-refractivity contribution in [1.29, 1.82) is 0 Å². The molecule has 1 saturated heterocycles. The third kappa shape index (κ3) is 3.72. The van der Waals surface area contributed by atoms with Gasteiger partial charge in [-0.25, -0.2) is 10.6 Å². The van der Waals surface area contributed by atoms with Crippen LogP contribution in [0.5, 0.6) is 0 Å². The Bertz CT molecular complexity index is 382. The summed E-state index contributed by atoms with van der Waals surface area (Å²) in [6.45, 7) is 2.89. The van der Waals surface area contributed by atoms with Gasteiger partial charge in [-0.2, -0.15) is 0 Å². The fourth-order valence-electron chi connectivity index (χ4n) is 2.39. The molecule has 1 unspecified atom stereocenters. The van der Waals surface area contributed by atoms with Crippen LogP contribution in [0.25, 0.3) is 0 Å². The molecule has 2 amide bonds. The summed E-state index contributed by atoms with van der Waals surface area (Å²) in [4.78, 5) is 13.5. The molecule has 0 spiro atoms. The van der Waals surface area contributed by atoms with Crippen molar-refractivity contribution >= 4 is 6.03 Å². The minimum Gasteiger partial charge on any atom is -0.333 e. The summed E-state index contributed by atoms with van der Waals surface area (Å²) in [5.74, 6) is 5.07. The maximum atomic E-state index is 11.2. The predicted molar refractivity (Wildman–Crippen MR) is 70.6 cm³/mol. The molecule has 1 aliphatic rings. The summed E-state index contributed by atoms with van der Waals surface area (Å²) in [7, 11) is 0. The van der Waals surface area contributed by atoms with Crippen molar-refractivity contribution in [1.82, 2.24) is 15.6 Å². The van der Waals surface area contributed by atoms with Crippen molar-refractivity contribution in [2.24, 2.45) is 5.84 Å². The summed E-state index contributed by atoms with van der Waals surface area (Å²) in [6, 6.07) is 10.3. The minimum atomic E-state index is -0.304. The Labute approximate surface area is 107 Å². The Kier molecular flexibility index (Phi) is 4.55. The van der Waals surface area contributed by atoms with Crippen LogP contribution in [0.1, 0.15) is 18.4 Å². The van der Waals surface area contributed by atoms with Crippen molar-refractivity contribution in [2.45, 2.75) is 25.4 Å². The highest BCUT2D eigenvalue weighted by molar-refractivity contribution is 5.73. The SMILES string of the molecule is NNC(=O)NC1CCCN(Cc2ccccc2)C1. The second-order valence-electron chi connectivity index (χ2n) is 4.68. The Balaban J connectivity index is 1.85. The van der Waals surface area contributed by atoms with E-state index in [0.717, 1.165) is 32.5 Å². The van der Waals surface area contributed by atoms with E-state index in [2.05, 4.69) is 39.9 Å². The van der Waals surface area contributed by atoms with Crippen molar-refractivity contribution in [3.05, 3.63) is 35.9 Å². The average molecular weight is 248 g/mol. The maximum absolute atomic E-state index is 11.2. The van der Waals surface area contributed by atoms with Crippen LogP contribution in [-0.4, -0.2) is 30.1 Å². The topological polar surface area (TPSA) is 70.4 Å². The van der Waals surface area contributed by atoms with Gasteiger partial charge in [-0.3, -0.25) is 10.3 Å². The number of amides is 2. The Morgan fingerprint density at radius 2 is 2.17 bits per heavy atom. The molecule has 0 aliphatic carbocycles. The number of hydrazine groups is 1. The number of hydrogen-bond donors (Lipinski definition) is 3. The molecule has 98 valence electrons. The Morgan fingerprint density at radius 3 is 2.89 bits per heavy atom. The number of carbonyl (C=O) groups excluding carboxylic acids is 1. The molecule has 4 N–H and O–H groups in total. The number of benzene rings is 1. The monoisotopic (exact) mass is 248 g/mol. The lowest BCUT2D eigenvalue weighted by Gasteiger charge is -2.33. The maximum Gasteiger partial charge on any atom is 0.329 e. The number of urea groups is 1. The molecular formula is C13H20N4O. The summed E-state index contributed by atoms with van der Waals surface area (Å²) in [5.41, 5.74) is 3.42. The standard InChI is InChI=1S/C13H20N4O/c14-16-13(18)15-12-7-4-8-17(10-12)9-11-5-2-1-3-6-11/h1-3,5-6,12H,4,7-10,14H2,(H2,15,16,18). The van der Waals surface area contributed by atoms with Crippen molar-refractivity contribution in [2.75, 3.05) is 13.1 Å². The number of rotatable bonds is 3. The zero-order valence-corrected chi connectivity index (χ0v) is 10.4. The van der Waals surface area contributed by atoms with Gasteiger partial charge < -0.3 is 5.32 Å². The molecule has 0 radical (unpaired) electrons. The van der Waals surface area contributed by atoms with Crippen molar-refractivity contribution in [3.8, 4) is 0 Å². The van der Waals surface area contributed by atoms with Crippen LogP contribution < -0.4 is 16.6 Å². The molecule has 1 aromatic carbocycles. The van der Waals surface area contributed by atoms with Crippen LogP contribution in [0.2, 0.25) is 0 Å². The normalized spacial score (nSPS) is 20.4. The number of hydrogen-bond acceptors (Lipinski definition) is 3. The van der Waals surface area contributed by atoms with Crippen LogP contribution in [-0.2, 0) is 6.54 Å². The van der Waals surface area contributed by atoms with E-state index in [4.69, 9.17) is 5.84 Å². The highest BCUT2D eigenvalue weighted by Gasteiger charge is 2.20. The van der Waals surface area contributed by atoms with E-state index < -0.39 is 0 Å². The van der Waals surface area contributed by atoms with Gasteiger partial charge in [0, 0.05) is 19.1 Å². The fraction of sp³-hybridized carbons (Fsp3) is 0.462. The first-order chi connectivity index (χ1) is 8.78. The van der Waals surface area contributed by atoms with Gasteiger partial charge in [-0.05, 0) is 24.9 Å². The molecule has 1 fully saturated rings. The third-order valence-electron chi connectivity index (χ3n) is 3.22. The molecule has 0 bridgehead atoms. The average Bonchev–Trinajstić information content (AvgIpc) is 2.40.